The third-order valence-corrected chi connectivity index (χ3v) is 7.62. The van der Waals surface area contributed by atoms with Crippen molar-refractivity contribution in [2.75, 3.05) is 10.6 Å². The van der Waals surface area contributed by atoms with Gasteiger partial charge < -0.3 is 0 Å². The molecular formula is C30H24ClN3O3S. The summed E-state index contributed by atoms with van der Waals surface area (Å²) >= 11 is 5.94. The minimum absolute atomic E-state index is 0.144. The fraction of sp³-hybridized carbons (Fsp3) is 0.0667. The smallest absolute Gasteiger partial charge is 0.267 e. The zero-order valence-corrected chi connectivity index (χ0v) is 22.1. The number of hydrogen-bond acceptors (Lipinski definition) is 4. The zero-order chi connectivity index (χ0) is 26.7. The lowest BCUT2D eigenvalue weighted by molar-refractivity contribution is 0.0955. The maximum atomic E-state index is 12.8. The van der Waals surface area contributed by atoms with Gasteiger partial charge in [-0.1, -0.05) is 72.3 Å². The van der Waals surface area contributed by atoms with Crippen LogP contribution in [0, 0.1) is 0 Å². The molecule has 0 unspecified atom stereocenters. The van der Waals surface area contributed by atoms with Crippen molar-refractivity contribution in [1.82, 2.24) is 5.43 Å². The van der Waals surface area contributed by atoms with Crippen LogP contribution in [0.1, 0.15) is 21.5 Å². The number of carbonyl (C=O) groups excluding carboxylic acids is 1. The number of fused-ring (bicyclic) bond motifs is 2. The SMILES string of the molecule is CS(=O)(=O)N(Cc1ccc(Cl)cc1)c1ccc(C(=O)N/N=C\c2c3ccccc3cc3ccccc23)cc1. The summed E-state index contributed by atoms with van der Waals surface area (Å²) < 4.78 is 26.3. The van der Waals surface area contributed by atoms with Crippen LogP contribution in [-0.4, -0.2) is 26.8 Å². The number of sulfonamides is 1. The molecule has 5 rings (SSSR count). The van der Waals surface area contributed by atoms with Crippen LogP contribution in [0.25, 0.3) is 21.5 Å². The van der Waals surface area contributed by atoms with Crippen molar-refractivity contribution < 1.29 is 13.2 Å². The van der Waals surface area contributed by atoms with E-state index in [4.69, 9.17) is 11.6 Å². The van der Waals surface area contributed by atoms with Crippen LogP contribution in [0.3, 0.4) is 0 Å². The summed E-state index contributed by atoms with van der Waals surface area (Å²) in [6, 6.07) is 31.6. The Bertz CT molecular complexity index is 1710. The molecule has 8 heteroatoms. The third-order valence-electron chi connectivity index (χ3n) is 6.23. The second-order valence-corrected chi connectivity index (χ2v) is 11.2. The summed E-state index contributed by atoms with van der Waals surface area (Å²) in [5.74, 6) is -0.402. The first-order chi connectivity index (χ1) is 18.3. The summed E-state index contributed by atoms with van der Waals surface area (Å²) in [5, 5.41) is 9.06. The first-order valence-corrected chi connectivity index (χ1v) is 14.1. The molecule has 0 aliphatic rings. The van der Waals surface area contributed by atoms with E-state index >= 15 is 0 Å². The number of nitrogens with one attached hydrogen (secondary N) is 1. The number of carbonyl (C=O) groups is 1. The van der Waals surface area contributed by atoms with Crippen LogP contribution in [0.15, 0.2) is 108 Å². The molecule has 0 aliphatic carbocycles. The monoisotopic (exact) mass is 541 g/mol. The summed E-state index contributed by atoms with van der Waals surface area (Å²) in [4.78, 5) is 12.8. The van der Waals surface area contributed by atoms with E-state index in [2.05, 4.69) is 16.6 Å². The molecule has 0 radical (unpaired) electrons. The molecule has 6 nitrogen and oxygen atoms in total. The Hall–Kier alpha value is -4.20. The average Bonchev–Trinajstić information content (AvgIpc) is 2.91. The summed E-state index contributed by atoms with van der Waals surface area (Å²) in [7, 11) is -3.56. The van der Waals surface area contributed by atoms with E-state index in [1.165, 1.54) is 4.31 Å². The summed E-state index contributed by atoms with van der Waals surface area (Å²) in [6.45, 7) is 0.144. The van der Waals surface area contributed by atoms with Crippen LogP contribution in [0.5, 0.6) is 0 Å². The maximum absolute atomic E-state index is 12.8. The quantitative estimate of drug-likeness (QED) is 0.147. The summed E-state index contributed by atoms with van der Waals surface area (Å²) in [5.41, 5.74) is 5.10. The molecule has 0 aliphatic heterocycles. The minimum atomic E-state index is -3.56. The van der Waals surface area contributed by atoms with E-state index in [1.54, 1.807) is 54.7 Å². The molecular weight excluding hydrogens is 518 g/mol. The number of hydrogen-bond donors (Lipinski definition) is 1. The third kappa shape index (κ3) is 5.54. The van der Waals surface area contributed by atoms with Gasteiger partial charge in [0.2, 0.25) is 10.0 Å². The number of amides is 1. The second kappa shape index (κ2) is 10.7. The molecule has 5 aromatic carbocycles. The van der Waals surface area contributed by atoms with Crippen LogP contribution in [-0.2, 0) is 16.6 Å². The normalized spacial score (nSPS) is 11.7. The van der Waals surface area contributed by atoms with Gasteiger partial charge in [0.15, 0.2) is 0 Å². The van der Waals surface area contributed by atoms with Crippen molar-refractivity contribution >= 4 is 61.0 Å². The highest BCUT2D eigenvalue weighted by Crippen LogP contribution is 2.27. The van der Waals surface area contributed by atoms with E-state index in [0.29, 0.717) is 16.3 Å². The van der Waals surface area contributed by atoms with Gasteiger partial charge in [0.1, 0.15) is 0 Å². The summed E-state index contributed by atoms with van der Waals surface area (Å²) in [6.07, 6.45) is 2.81. The van der Waals surface area contributed by atoms with Gasteiger partial charge in [0.05, 0.1) is 24.7 Å². The predicted octanol–water partition coefficient (Wildman–Crippen LogP) is 6.38. The van der Waals surface area contributed by atoms with Crippen molar-refractivity contribution in [3.8, 4) is 0 Å². The molecule has 0 spiro atoms. The van der Waals surface area contributed by atoms with Crippen LogP contribution in [0.2, 0.25) is 5.02 Å². The highest BCUT2D eigenvalue weighted by Gasteiger charge is 2.18. The van der Waals surface area contributed by atoms with E-state index in [-0.39, 0.29) is 6.54 Å². The van der Waals surface area contributed by atoms with Gasteiger partial charge in [-0.15, -0.1) is 0 Å². The molecule has 5 aromatic rings. The first kappa shape index (κ1) is 25.4. The fourth-order valence-electron chi connectivity index (χ4n) is 4.34. The Morgan fingerprint density at radius 3 is 2.03 bits per heavy atom. The number of anilines is 1. The van der Waals surface area contributed by atoms with Crippen LogP contribution >= 0.6 is 11.6 Å². The van der Waals surface area contributed by atoms with Crippen molar-refractivity contribution in [3.63, 3.8) is 0 Å². The van der Waals surface area contributed by atoms with Crippen molar-refractivity contribution in [1.29, 1.82) is 0 Å². The van der Waals surface area contributed by atoms with Crippen molar-refractivity contribution in [2.45, 2.75) is 6.54 Å². The van der Waals surface area contributed by atoms with Gasteiger partial charge in [-0.2, -0.15) is 5.10 Å². The molecule has 38 heavy (non-hydrogen) atoms. The van der Waals surface area contributed by atoms with Gasteiger partial charge >= 0.3 is 0 Å². The molecule has 1 N–H and O–H groups in total. The van der Waals surface area contributed by atoms with E-state index in [1.807, 2.05) is 48.5 Å². The Balaban J connectivity index is 1.35. The molecule has 0 atom stereocenters. The molecule has 1 amide bonds. The van der Waals surface area contributed by atoms with Gasteiger partial charge in [-0.05, 0) is 69.6 Å². The highest BCUT2D eigenvalue weighted by atomic mass is 35.5. The topological polar surface area (TPSA) is 78.8 Å². The Labute approximate surface area is 226 Å². The van der Waals surface area contributed by atoms with E-state index in [0.717, 1.165) is 38.9 Å². The molecule has 190 valence electrons. The molecule has 0 aromatic heterocycles. The molecule has 0 bridgehead atoms. The van der Waals surface area contributed by atoms with E-state index in [9.17, 15) is 13.2 Å². The number of hydrazone groups is 1. The largest absolute Gasteiger partial charge is 0.271 e. The average molecular weight is 542 g/mol. The molecule has 0 saturated carbocycles. The van der Waals surface area contributed by atoms with Gasteiger partial charge in [0.25, 0.3) is 5.91 Å². The molecule has 0 heterocycles. The zero-order valence-electron chi connectivity index (χ0n) is 20.5. The lowest BCUT2D eigenvalue weighted by Gasteiger charge is -2.22. The number of benzene rings is 5. The first-order valence-electron chi connectivity index (χ1n) is 11.9. The van der Waals surface area contributed by atoms with Crippen LogP contribution < -0.4 is 9.73 Å². The van der Waals surface area contributed by atoms with Gasteiger partial charge in [-0.25, -0.2) is 13.8 Å². The number of rotatable bonds is 7. The van der Waals surface area contributed by atoms with E-state index < -0.39 is 15.9 Å². The fourth-order valence-corrected chi connectivity index (χ4v) is 5.36. The van der Waals surface area contributed by atoms with Crippen molar-refractivity contribution in [3.05, 3.63) is 125 Å². The Morgan fingerprint density at radius 2 is 1.45 bits per heavy atom. The Kier molecular flexibility index (Phi) is 7.13. The number of nitrogens with zero attached hydrogens (tertiary/aromatic N) is 2. The van der Waals surface area contributed by atoms with Gasteiger partial charge in [0, 0.05) is 16.1 Å². The standard InChI is InChI=1S/C30H24ClN3O3S/c1-38(36,37)34(20-21-10-14-25(31)15-11-21)26-16-12-22(13-17-26)30(35)33-32-19-29-27-8-4-2-6-23(27)18-24-7-3-5-9-28(24)29/h2-19H,20H2,1H3,(H,33,35)/b32-19-. The lowest BCUT2D eigenvalue weighted by Crippen LogP contribution is -2.29. The predicted molar refractivity (Wildman–Crippen MR) is 155 cm³/mol. The minimum Gasteiger partial charge on any atom is -0.267 e. The van der Waals surface area contributed by atoms with Crippen molar-refractivity contribution in [2.24, 2.45) is 5.10 Å². The highest BCUT2D eigenvalue weighted by molar-refractivity contribution is 7.92. The van der Waals surface area contributed by atoms with Crippen LogP contribution in [0.4, 0.5) is 5.69 Å². The van der Waals surface area contributed by atoms with Gasteiger partial charge in [-0.3, -0.25) is 9.10 Å². The number of halogens is 1. The molecule has 0 fully saturated rings. The Morgan fingerprint density at radius 1 is 0.868 bits per heavy atom. The maximum Gasteiger partial charge on any atom is 0.271 e. The second-order valence-electron chi connectivity index (χ2n) is 8.87. The molecule has 0 saturated heterocycles. The lowest BCUT2D eigenvalue weighted by atomic mass is 9.97.